The van der Waals surface area contributed by atoms with Gasteiger partial charge in [-0.15, -0.1) is 0 Å². The van der Waals surface area contributed by atoms with Gasteiger partial charge in [-0.1, -0.05) is 6.42 Å². The average Bonchev–Trinajstić information content (AvgIpc) is 3.09. The highest BCUT2D eigenvalue weighted by atomic mass is 31.2. The Balaban J connectivity index is 2.29. The lowest BCUT2D eigenvalue weighted by Gasteiger charge is -2.27. The van der Waals surface area contributed by atoms with Gasteiger partial charge in [0.1, 0.15) is 12.3 Å². The second-order valence-electron chi connectivity index (χ2n) is 7.45. The fourth-order valence-corrected chi connectivity index (χ4v) is 4.70. The molecule has 1 saturated heterocycles. The summed E-state index contributed by atoms with van der Waals surface area (Å²) in [7, 11) is -9.91. The van der Waals surface area contributed by atoms with Crippen molar-refractivity contribution in [2.45, 2.75) is 64.5 Å². The van der Waals surface area contributed by atoms with Crippen LogP contribution in [0.1, 0.15) is 44.4 Å². The van der Waals surface area contributed by atoms with Crippen molar-refractivity contribution in [3.05, 3.63) is 32.6 Å². The van der Waals surface area contributed by atoms with E-state index < -0.39 is 51.9 Å². The summed E-state index contributed by atoms with van der Waals surface area (Å²) in [5.74, 6) is 0. The number of rotatable bonds is 13. The number of hydrogen-bond donors (Lipinski definition) is 2. The number of nitrogens with two attached hydrogens (primary N) is 1. The molecule has 1 aliphatic heterocycles. The normalized spacial score (nSPS) is 24.5. The molecule has 0 aliphatic carbocycles. The third kappa shape index (κ3) is 8.22. The van der Waals surface area contributed by atoms with E-state index in [1.165, 1.54) is 20.0 Å². The van der Waals surface area contributed by atoms with Gasteiger partial charge in [-0.2, -0.15) is 0 Å². The molecule has 16 heteroatoms. The highest BCUT2D eigenvalue weighted by Crippen LogP contribution is 2.43. The van der Waals surface area contributed by atoms with E-state index in [0.717, 1.165) is 22.0 Å². The summed E-state index contributed by atoms with van der Waals surface area (Å²) < 4.78 is 44.5. The second-order valence-corrected chi connectivity index (χ2v) is 10.0. The molecule has 0 saturated carbocycles. The van der Waals surface area contributed by atoms with Crippen LogP contribution < -0.4 is 26.8 Å². The van der Waals surface area contributed by atoms with Crippen LogP contribution in [0, 0.1) is 6.92 Å². The quantitative estimate of drug-likeness (QED) is 0.243. The monoisotopic (exact) mass is 513 g/mol. The second kappa shape index (κ2) is 12.0. The molecule has 3 N–H and O–H groups in total. The zero-order valence-electron chi connectivity index (χ0n) is 18.4. The molecule has 33 heavy (non-hydrogen) atoms. The van der Waals surface area contributed by atoms with E-state index >= 15 is 0 Å². The van der Waals surface area contributed by atoms with Gasteiger partial charge >= 0.3 is 5.69 Å². The van der Waals surface area contributed by atoms with Crippen molar-refractivity contribution in [3.63, 3.8) is 0 Å². The Morgan fingerprint density at radius 1 is 1.24 bits per heavy atom. The van der Waals surface area contributed by atoms with E-state index in [4.69, 9.17) is 19.9 Å². The molecule has 190 valence electrons. The number of phosphoric acid groups is 2. The number of unbranched alkanes of at least 4 members (excludes halogenated alkanes) is 2. The first-order valence-electron chi connectivity index (χ1n) is 10.4. The molecule has 0 radical (unpaired) electrons. The van der Waals surface area contributed by atoms with E-state index in [9.17, 15) is 28.5 Å². The maximum absolute atomic E-state index is 13.0. The van der Waals surface area contributed by atoms with Gasteiger partial charge in [-0.25, -0.2) is 4.79 Å². The van der Waals surface area contributed by atoms with Gasteiger partial charge in [0.05, 0.1) is 19.3 Å². The Morgan fingerprint density at radius 2 is 1.94 bits per heavy atom. The first-order valence-corrected chi connectivity index (χ1v) is 13.3. The minimum Gasteiger partial charge on any atom is -0.756 e. The third-order valence-electron chi connectivity index (χ3n) is 4.90. The minimum absolute atomic E-state index is 0.151. The minimum atomic E-state index is -5.22. The van der Waals surface area contributed by atoms with Crippen LogP contribution in [-0.2, 0) is 34.0 Å². The molecule has 0 amide bonds. The number of aryl methyl sites for hydroxylation is 1. The van der Waals surface area contributed by atoms with Crippen molar-refractivity contribution in [2.24, 2.45) is 5.73 Å². The van der Waals surface area contributed by atoms with E-state index in [1.807, 2.05) is 0 Å². The zero-order chi connectivity index (χ0) is 24.8. The first-order chi connectivity index (χ1) is 15.4. The van der Waals surface area contributed by atoms with Crippen molar-refractivity contribution < 1.29 is 42.1 Å². The van der Waals surface area contributed by atoms with Gasteiger partial charge in [0.15, 0.2) is 0 Å². The molecule has 2 rings (SSSR count). The molecule has 0 bridgehead atoms. The van der Waals surface area contributed by atoms with Gasteiger partial charge in [-0.3, -0.25) is 23.1 Å². The van der Waals surface area contributed by atoms with Gasteiger partial charge in [-0.05, 0) is 33.2 Å². The summed E-state index contributed by atoms with van der Waals surface area (Å²) in [4.78, 5) is 57.5. The average molecular weight is 513 g/mol. The van der Waals surface area contributed by atoms with Crippen molar-refractivity contribution in [1.82, 2.24) is 9.13 Å². The Bertz CT molecular complexity index is 1000. The molecule has 5 atom stereocenters. The maximum Gasteiger partial charge on any atom is 0.333 e. The Kier molecular flexibility index (Phi) is 10.2. The Morgan fingerprint density at radius 3 is 2.55 bits per heavy atom. The smallest absolute Gasteiger partial charge is 0.333 e. The van der Waals surface area contributed by atoms with Crippen molar-refractivity contribution >= 4 is 15.6 Å². The number of nitrogens with zero attached hydrogens (tertiary/aromatic N) is 2. The predicted octanol–water partition coefficient (Wildman–Crippen LogP) is -0.898. The van der Waals surface area contributed by atoms with Crippen molar-refractivity contribution in [3.8, 4) is 0 Å². The van der Waals surface area contributed by atoms with Crippen LogP contribution in [0.2, 0.25) is 0 Å². The van der Waals surface area contributed by atoms with Gasteiger partial charge in [0.25, 0.3) is 21.2 Å². The first kappa shape index (κ1) is 28.1. The van der Waals surface area contributed by atoms with Gasteiger partial charge < -0.3 is 38.7 Å². The lowest BCUT2D eigenvalue weighted by atomic mass is 10.2. The molecule has 1 aromatic rings. The fraction of sp³-hybridized carbons (Fsp3) is 0.765. The standard InChI is InChI=1S/C17H31N3O11P2/c1-3-28-33(26,27)29-11-14-13(31-32(23,24)25)9-15(30-14)20-10-12(2)16(21)19(17(20)22)8-6-4-5-7-18/h10,13-15H,3-9,11,18H2,1-2H3,(H,26,27)(H2,23,24,25)/p-2. The molecule has 1 aliphatic rings. The number of phosphoric ester groups is 2. The fourth-order valence-electron chi connectivity index (χ4n) is 3.42. The van der Waals surface area contributed by atoms with Gasteiger partial charge in [0, 0.05) is 24.7 Å². The summed E-state index contributed by atoms with van der Waals surface area (Å²) in [5.41, 5.74) is 4.53. The van der Waals surface area contributed by atoms with Crippen LogP contribution in [-0.4, -0.2) is 46.0 Å². The summed E-state index contributed by atoms with van der Waals surface area (Å²) in [6, 6.07) is 0. The van der Waals surface area contributed by atoms with Crippen LogP contribution >= 0.6 is 15.6 Å². The SMILES string of the molecule is CCOP(=O)([O-])OCC1OC(n2cc(C)c(=O)n(CCCCCN)c2=O)CC1OP(=O)([O-])O. The highest BCUT2D eigenvalue weighted by Gasteiger charge is 2.40. The molecule has 14 nitrogen and oxygen atoms in total. The van der Waals surface area contributed by atoms with E-state index in [0.29, 0.717) is 13.0 Å². The molecular formula is C17H29N3O11P2-2. The van der Waals surface area contributed by atoms with Crippen LogP contribution in [0.4, 0.5) is 0 Å². The van der Waals surface area contributed by atoms with Gasteiger partial charge in [0.2, 0.25) is 0 Å². The van der Waals surface area contributed by atoms with Crippen LogP contribution in [0.15, 0.2) is 15.8 Å². The number of hydrogen-bond acceptors (Lipinski definition) is 11. The number of ether oxygens (including phenoxy) is 1. The van der Waals surface area contributed by atoms with Crippen LogP contribution in [0.25, 0.3) is 0 Å². The number of aromatic nitrogens is 2. The lowest BCUT2D eigenvalue weighted by molar-refractivity contribution is -0.230. The molecule has 0 aromatic carbocycles. The highest BCUT2D eigenvalue weighted by molar-refractivity contribution is 7.45. The predicted molar refractivity (Wildman–Crippen MR) is 111 cm³/mol. The van der Waals surface area contributed by atoms with E-state index in [1.54, 1.807) is 0 Å². The maximum atomic E-state index is 13.0. The summed E-state index contributed by atoms with van der Waals surface area (Å²) >= 11 is 0. The zero-order valence-corrected chi connectivity index (χ0v) is 20.2. The lowest BCUT2D eigenvalue weighted by Crippen LogP contribution is -2.42. The van der Waals surface area contributed by atoms with Crippen LogP contribution in [0.5, 0.6) is 0 Å². The van der Waals surface area contributed by atoms with E-state index in [-0.39, 0.29) is 25.1 Å². The van der Waals surface area contributed by atoms with E-state index in [2.05, 4.69) is 9.05 Å². The van der Waals surface area contributed by atoms with Crippen molar-refractivity contribution in [1.29, 1.82) is 0 Å². The summed E-state index contributed by atoms with van der Waals surface area (Å²) in [6.07, 6.45) is -0.742. The molecule has 2 heterocycles. The Labute approximate surface area is 190 Å². The molecule has 1 fully saturated rings. The topological polar surface area (TPSA) is 207 Å². The summed E-state index contributed by atoms with van der Waals surface area (Å²) in [6.45, 7) is 2.71. The van der Waals surface area contributed by atoms with Crippen molar-refractivity contribution in [2.75, 3.05) is 19.8 Å². The Hall–Kier alpha value is -1.18. The molecule has 1 aromatic heterocycles. The molecule has 0 spiro atoms. The van der Waals surface area contributed by atoms with Crippen LogP contribution in [0.3, 0.4) is 0 Å². The largest absolute Gasteiger partial charge is 0.756 e. The molecule has 5 unspecified atom stereocenters. The molecular weight excluding hydrogens is 484 g/mol. The third-order valence-corrected chi connectivity index (χ3v) is 6.47. The summed E-state index contributed by atoms with van der Waals surface area (Å²) in [5, 5.41) is 0.